The highest BCUT2D eigenvalue weighted by Gasteiger charge is 2.22. The maximum absolute atomic E-state index is 13.4. The third kappa shape index (κ3) is 10.9. The lowest BCUT2D eigenvalue weighted by Gasteiger charge is -2.34. The smallest absolute Gasteiger partial charge is 0.191 e. The van der Waals surface area contributed by atoms with Crippen LogP contribution < -0.4 is 10.6 Å². The van der Waals surface area contributed by atoms with Crippen LogP contribution in [-0.4, -0.2) is 95.6 Å². The molecule has 178 valence electrons. The zero-order valence-electron chi connectivity index (χ0n) is 19.1. The van der Waals surface area contributed by atoms with Crippen LogP contribution in [0.3, 0.4) is 0 Å². The summed E-state index contributed by atoms with van der Waals surface area (Å²) in [6.07, 6.45) is 1.03. The molecule has 1 unspecified atom stereocenters. The van der Waals surface area contributed by atoms with Gasteiger partial charge in [0.15, 0.2) is 5.96 Å². The molecule has 2 rings (SSSR count). The van der Waals surface area contributed by atoms with Crippen molar-refractivity contribution in [1.82, 2.24) is 20.4 Å². The summed E-state index contributed by atoms with van der Waals surface area (Å²) in [5.41, 5.74) is 1.08. The van der Waals surface area contributed by atoms with E-state index in [1.165, 1.54) is 12.1 Å². The number of guanidine groups is 1. The Hall–Kier alpha value is -1.01. The first-order valence-corrected chi connectivity index (χ1v) is 10.9. The monoisotopic (exact) mass is 551 g/mol. The van der Waals surface area contributed by atoms with Crippen LogP contribution in [-0.2, 0) is 9.47 Å². The van der Waals surface area contributed by atoms with Crippen LogP contribution in [0.15, 0.2) is 29.3 Å². The van der Waals surface area contributed by atoms with Crippen molar-refractivity contribution in [3.8, 4) is 0 Å². The van der Waals surface area contributed by atoms with Crippen molar-refractivity contribution in [2.24, 2.45) is 4.99 Å². The van der Waals surface area contributed by atoms with E-state index >= 15 is 0 Å². The van der Waals surface area contributed by atoms with E-state index in [9.17, 15) is 4.39 Å². The maximum atomic E-state index is 13.4. The van der Waals surface area contributed by atoms with Crippen molar-refractivity contribution in [1.29, 1.82) is 0 Å². The van der Waals surface area contributed by atoms with Gasteiger partial charge in [-0.3, -0.25) is 9.89 Å². The normalized spacial score (nSPS) is 16.1. The molecule has 1 saturated heterocycles. The van der Waals surface area contributed by atoms with Crippen molar-refractivity contribution in [3.05, 3.63) is 35.6 Å². The predicted molar refractivity (Wildman–Crippen MR) is 135 cm³/mol. The number of benzene rings is 1. The summed E-state index contributed by atoms with van der Waals surface area (Å²) in [6.45, 7) is 10.1. The number of ether oxygens (including phenoxy) is 2. The van der Waals surface area contributed by atoms with Crippen LogP contribution in [0, 0.1) is 5.82 Å². The Morgan fingerprint density at radius 2 is 1.94 bits per heavy atom. The summed E-state index contributed by atoms with van der Waals surface area (Å²) in [5, 5.41) is 6.75. The third-order valence-electron chi connectivity index (χ3n) is 5.18. The molecule has 0 saturated carbocycles. The maximum Gasteiger partial charge on any atom is 0.191 e. The zero-order chi connectivity index (χ0) is 21.6. The van der Waals surface area contributed by atoms with Crippen molar-refractivity contribution in [2.75, 3.05) is 79.8 Å². The molecule has 1 aromatic carbocycles. The Labute approximate surface area is 203 Å². The van der Waals surface area contributed by atoms with E-state index in [-0.39, 0.29) is 35.8 Å². The quantitative estimate of drug-likeness (QED) is 0.180. The Morgan fingerprint density at radius 3 is 2.58 bits per heavy atom. The molecule has 7 nitrogen and oxygen atoms in total. The number of nitrogens with zero attached hydrogens (tertiary/aromatic N) is 3. The zero-order valence-corrected chi connectivity index (χ0v) is 21.4. The molecule has 0 amide bonds. The van der Waals surface area contributed by atoms with Crippen LogP contribution in [0.4, 0.5) is 4.39 Å². The van der Waals surface area contributed by atoms with Gasteiger partial charge in [0.05, 0.1) is 25.8 Å². The second-order valence-corrected chi connectivity index (χ2v) is 7.51. The summed E-state index contributed by atoms with van der Waals surface area (Å²) < 4.78 is 24.0. The summed E-state index contributed by atoms with van der Waals surface area (Å²) in [5.74, 6) is 0.593. The number of methoxy groups -OCH3 is 1. The molecule has 0 aromatic heterocycles. The van der Waals surface area contributed by atoms with Gasteiger partial charge in [0.25, 0.3) is 0 Å². The molecule has 0 aliphatic carbocycles. The van der Waals surface area contributed by atoms with Crippen LogP contribution in [0.25, 0.3) is 0 Å². The van der Waals surface area contributed by atoms with Crippen LogP contribution in [0.2, 0.25) is 0 Å². The first-order chi connectivity index (χ1) is 14.6. The van der Waals surface area contributed by atoms with Gasteiger partial charge in [-0.25, -0.2) is 4.39 Å². The molecule has 1 fully saturated rings. The summed E-state index contributed by atoms with van der Waals surface area (Å²) in [6, 6.07) is 6.87. The topological polar surface area (TPSA) is 61.4 Å². The number of morpholine rings is 1. The molecule has 1 aliphatic rings. The third-order valence-corrected chi connectivity index (χ3v) is 5.18. The predicted octanol–water partition coefficient (Wildman–Crippen LogP) is 2.34. The van der Waals surface area contributed by atoms with Crippen molar-refractivity contribution >= 4 is 29.9 Å². The lowest BCUT2D eigenvalue weighted by atomic mass is 10.0. The highest BCUT2D eigenvalue weighted by Crippen LogP contribution is 2.22. The SMILES string of the molecule is CCNC(=NCC(c1ccc(F)cc1)N1CCOCC1)NCCN(C)CCCOC.I. The van der Waals surface area contributed by atoms with E-state index in [4.69, 9.17) is 14.5 Å². The van der Waals surface area contributed by atoms with E-state index in [1.54, 1.807) is 7.11 Å². The lowest BCUT2D eigenvalue weighted by molar-refractivity contribution is 0.0179. The van der Waals surface area contributed by atoms with Gasteiger partial charge in [-0.05, 0) is 38.1 Å². The molecule has 0 spiro atoms. The standard InChI is InChI=1S/C22H38FN5O2.HI/c1-4-24-22(25-10-12-27(2)11-5-15-29-3)26-18-21(28-13-16-30-17-14-28)19-6-8-20(23)9-7-19;/h6-9,21H,4-5,10-18H2,1-3H3,(H2,24,25,26);1H. The number of aliphatic imine (C=N–C) groups is 1. The molecular formula is C22H39FIN5O2. The average Bonchev–Trinajstić information content (AvgIpc) is 2.76. The molecule has 31 heavy (non-hydrogen) atoms. The van der Waals surface area contributed by atoms with Gasteiger partial charge in [0.1, 0.15) is 5.82 Å². The Morgan fingerprint density at radius 1 is 1.23 bits per heavy atom. The van der Waals surface area contributed by atoms with Crippen LogP contribution >= 0.6 is 24.0 Å². The van der Waals surface area contributed by atoms with Crippen LogP contribution in [0.5, 0.6) is 0 Å². The van der Waals surface area contributed by atoms with Crippen LogP contribution in [0.1, 0.15) is 24.9 Å². The van der Waals surface area contributed by atoms with Gasteiger partial charge in [0, 0.05) is 53.0 Å². The first-order valence-electron chi connectivity index (χ1n) is 10.9. The highest BCUT2D eigenvalue weighted by molar-refractivity contribution is 14.0. The number of nitrogens with one attached hydrogen (secondary N) is 2. The van der Waals surface area contributed by atoms with E-state index in [0.29, 0.717) is 6.54 Å². The number of hydrogen-bond donors (Lipinski definition) is 2. The fourth-order valence-electron chi connectivity index (χ4n) is 3.48. The molecule has 0 bridgehead atoms. The Bertz CT molecular complexity index is 614. The van der Waals surface area contributed by atoms with Gasteiger partial charge >= 0.3 is 0 Å². The molecule has 1 aromatic rings. The average molecular weight is 551 g/mol. The fourth-order valence-corrected chi connectivity index (χ4v) is 3.48. The van der Waals surface area contributed by atoms with Crippen molar-refractivity contribution in [3.63, 3.8) is 0 Å². The lowest BCUT2D eigenvalue weighted by Crippen LogP contribution is -2.43. The minimum Gasteiger partial charge on any atom is -0.385 e. The van der Waals surface area contributed by atoms with E-state index < -0.39 is 0 Å². The number of likely N-dealkylation sites (N-methyl/N-ethyl adjacent to an activating group) is 1. The van der Waals surface area contributed by atoms with Gasteiger partial charge in [-0.2, -0.15) is 0 Å². The number of halogens is 2. The molecule has 2 N–H and O–H groups in total. The molecule has 1 heterocycles. The summed E-state index contributed by atoms with van der Waals surface area (Å²) >= 11 is 0. The fraction of sp³-hybridized carbons (Fsp3) is 0.682. The minimum absolute atomic E-state index is 0. The molecule has 1 atom stereocenters. The molecule has 0 radical (unpaired) electrons. The van der Waals surface area contributed by atoms with E-state index in [1.807, 2.05) is 12.1 Å². The van der Waals surface area contributed by atoms with Gasteiger partial charge < -0.3 is 25.0 Å². The summed E-state index contributed by atoms with van der Waals surface area (Å²) in [4.78, 5) is 9.49. The molecule has 9 heteroatoms. The Kier molecular flexibility index (Phi) is 15.0. The van der Waals surface area contributed by atoms with E-state index in [2.05, 4.69) is 34.4 Å². The largest absolute Gasteiger partial charge is 0.385 e. The van der Waals surface area contributed by atoms with Gasteiger partial charge in [-0.15, -0.1) is 24.0 Å². The Balaban J connectivity index is 0.00000480. The second kappa shape index (κ2) is 16.6. The second-order valence-electron chi connectivity index (χ2n) is 7.51. The van der Waals surface area contributed by atoms with Gasteiger partial charge in [-0.1, -0.05) is 12.1 Å². The first kappa shape index (κ1) is 28.0. The molecular weight excluding hydrogens is 512 g/mol. The molecule has 1 aliphatic heterocycles. The van der Waals surface area contributed by atoms with Crippen molar-refractivity contribution in [2.45, 2.75) is 19.4 Å². The van der Waals surface area contributed by atoms with E-state index in [0.717, 1.165) is 77.0 Å². The number of rotatable bonds is 12. The minimum atomic E-state index is -0.215. The highest BCUT2D eigenvalue weighted by atomic mass is 127. The van der Waals surface area contributed by atoms with Gasteiger partial charge in [0.2, 0.25) is 0 Å². The summed E-state index contributed by atoms with van der Waals surface area (Å²) in [7, 11) is 3.85. The van der Waals surface area contributed by atoms with Crippen molar-refractivity contribution < 1.29 is 13.9 Å². The number of hydrogen-bond acceptors (Lipinski definition) is 5.